The van der Waals surface area contributed by atoms with Gasteiger partial charge in [-0.2, -0.15) is 0 Å². The van der Waals surface area contributed by atoms with Gasteiger partial charge in [0.15, 0.2) is 0 Å². The van der Waals surface area contributed by atoms with Gasteiger partial charge in [-0.15, -0.1) is 0 Å². The number of carboxylic acids is 2. The molecular weight excluding hydrogens is 562 g/mol. The minimum Gasteiger partial charge on any atom is -0.481 e. The van der Waals surface area contributed by atoms with Gasteiger partial charge in [-0.25, -0.2) is 0 Å². The molecule has 0 saturated carbocycles. The summed E-state index contributed by atoms with van der Waals surface area (Å²) < 4.78 is 0. The van der Waals surface area contributed by atoms with Crippen LogP contribution in [0.2, 0.25) is 0 Å². The zero-order chi connectivity index (χ0) is 32.2. The molecule has 0 aliphatic heterocycles. The van der Waals surface area contributed by atoms with Crippen LogP contribution in [0.25, 0.3) is 0 Å². The molecule has 4 amide bonds. The van der Waals surface area contributed by atoms with E-state index >= 15 is 0 Å². The minimum absolute atomic E-state index is 0.0479. The lowest BCUT2D eigenvalue weighted by molar-refractivity contribution is -0.138. The molecule has 12 N–H and O–H groups in total. The third kappa shape index (κ3) is 15.6. The predicted molar refractivity (Wildman–Crippen MR) is 157 cm³/mol. The highest BCUT2D eigenvalue weighted by Crippen LogP contribution is 2.09. The number of aliphatic carboxylic acids is 2. The van der Waals surface area contributed by atoms with Crippen molar-refractivity contribution in [2.45, 2.75) is 82.0 Å². The molecule has 43 heavy (non-hydrogen) atoms. The quantitative estimate of drug-likeness (QED) is 0.0673. The van der Waals surface area contributed by atoms with E-state index < -0.39 is 66.3 Å². The Kier molecular flexibility index (Phi) is 17.8. The molecule has 240 valence electrons. The number of hydrogen-bond acceptors (Lipinski definition) is 9. The molecule has 0 bridgehead atoms. The number of hydrogen-bond donors (Lipinski definition) is 9. The molecule has 1 rings (SSSR count). The maximum atomic E-state index is 13.5. The molecule has 0 aliphatic carbocycles. The van der Waals surface area contributed by atoms with E-state index in [1.54, 1.807) is 30.3 Å². The number of carbonyl (C=O) groups excluding carboxylic acids is 4. The van der Waals surface area contributed by atoms with E-state index in [0.717, 1.165) is 0 Å². The number of nitrogens with two attached hydrogens (primary N) is 3. The number of nitrogens with one attached hydrogen (secondary N) is 4. The first kappa shape index (κ1) is 36.9. The molecule has 1 aromatic carbocycles. The molecule has 0 aliphatic rings. The van der Waals surface area contributed by atoms with Crippen molar-refractivity contribution in [3.63, 3.8) is 0 Å². The second kappa shape index (κ2) is 20.7. The average molecular weight is 608 g/mol. The smallest absolute Gasteiger partial charge is 0.322 e. The minimum atomic E-state index is -1.25. The first-order chi connectivity index (χ1) is 20.5. The first-order valence-corrected chi connectivity index (χ1v) is 14.3. The van der Waals surface area contributed by atoms with Gasteiger partial charge >= 0.3 is 11.9 Å². The summed E-state index contributed by atoms with van der Waals surface area (Å²) in [7, 11) is 0. The molecule has 15 nitrogen and oxygen atoms in total. The molecule has 15 heteroatoms. The molecule has 0 fully saturated rings. The average Bonchev–Trinajstić information content (AvgIpc) is 2.97. The van der Waals surface area contributed by atoms with Crippen LogP contribution in [0.3, 0.4) is 0 Å². The third-order valence-corrected chi connectivity index (χ3v) is 6.50. The van der Waals surface area contributed by atoms with E-state index in [4.69, 9.17) is 27.4 Å². The summed E-state index contributed by atoms with van der Waals surface area (Å²) in [4.78, 5) is 74.1. The molecule has 0 radical (unpaired) electrons. The summed E-state index contributed by atoms with van der Waals surface area (Å²) >= 11 is 0. The van der Waals surface area contributed by atoms with Crippen LogP contribution in [0.15, 0.2) is 30.3 Å². The lowest BCUT2D eigenvalue weighted by atomic mass is 10.0. The molecule has 4 atom stereocenters. The summed E-state index contributed by atoms with van der Waals surface area (Å²) in [5.74, 6) is -5.14. The van der Waals surface area contributed by atoms with E-state index in [-0.39, 0.29) is 32.1 Å². The van der Waals surface area contributed by atoms with Gasteiger partial charge in [0.1, 0.15) is 24.7 Å². The second-order valence-corrected chi connectivity index (χ2v) is 10.1. The van der Waals surface area contributed by atoms with E-state index in [0.29, 0.717) is 44.3 Å². The van der Waals surface area contributed by atoms with Gasteiger partial charge in [0.25, 0.3) is 0 Å². The highest BCUT2D eigenvalue weighted by atomic mass is 16.4. The van der Waals surface area contributed by atoms with Crippen molar-refractivity contribution in [2.24, 2.45) is 17.2 Å². The number of amides is 4. The number of benzene rings is 1. The first-order valence-electron chi connectivity index (χ1n) is 14.3. The highest BCUT2D eigenvalue weighted by Gasteiger charge is 2.30. The molecule has 0 saturated heterocycles. The Morgan fingerprint density at radius 3 is 1.70 bits per heavy atom. The highest BCUT2D eigenvalue weighted by molar-refractivity contribution is 5.95. The maximum absolute atomic E-state index is 13.5. The molecule has 1 aromatic rings. The summed E-state index contributed by atoms with van der Waals surface area (Å²) in [6.07, 6.45) is 2.04. The number of carboxylic acid groups (broad SMARTS) is 2. The summed E-state index contributed by atoms with van der Waals surface area (Å²) in [6.45, 7) is 0.0846. The third-order valence-electron chi connectivity index (χ3n) is 6.50. The molecule has 0 spiro atoms. The molecule has 0 aromatic heterocycles. The van der Waals surface area contributed by atoms with Crippen LogP contribution < -0.4 is 38.5 Å². The van der Waals surface area contributed by atoms with E-state index in [9.17, 15) is 28.8 Å². The Labute approximate surface area is 250 Å². The Bertz CT molecular complexity index is 1060. The molecule has 0 unspecified atom stereocenters. The fraction of sp³-hybridized carbons (Fsp3) is 0.571. The lowest BCUT2D eigenvalue weighted by Gasteiger charge is -2.26. The fourth-order valence-electron chi connectivity index (χ4n) is 4.10. The molecule has 0 heterocycles. The normalized spacial score (nSPS) is 13.6. The van der Waals surface area contributed by atoms with Crippen LogP contribution in [-0.4, -0.2) is 89.6 Å². The van der Waals surface area contributed by atoms with Crippen LogP contribution in [-0.2, 0) is 35.2 Å². The van der Waals surface area contributed by atoms with Crippen molar-refractivity contribution in [3.8, 4) is 0 Å². The fourth-order valence-corrected chi connectivity index (χ4v) is 4.10. The Morgan fingerprint density at radius 1 is 0.651 bits per heavy atom. The van der Waals surface area contributed by atoms with Crippen LogP contribution in [0.4, 0.5) is 0 Å². The van der Waals surface area contributed by atoms with Crippen molar-refractivity contribution in [3.05, 3.63) is 35.9 Å². The van der Waals surface area contributed by atoms with Gasteiger partial charge in [0.05, 0.1) is 6.04 Å². The van der Waals surface area contributed by atoms with Gasteiger partial charge in [-0.1, -0.05) is 30.3 Å². The standard InChI is InChI=1S/C28H45N7O8/c29-14-6-4-10-20(26(41)32-17-24(38)39)34-28(43)22(16-18-8-2-1-3-9-18)35-27(42)21(11-5-7-15-30)33-25(40)19(31)12-13-23(36)37/h1-3,8-9,19-22H,4-7,10-17,29-31H2,(H,32,41)(H,33,40)(H,34,43)(H,35,42)(H,36,37)(H,38,39)/t19-,20-,21-,22-/m0/s1. The Morgan fingerprint density at radius 2 is 1.16 bits per heavy atom. The monoisotopic (exact) mass is 607 g/mol. The maximum Gasteiger partial charge on any atom is 0.322 e. The summed E-state index contributed by atoms with van der Waals surface area (Å²) in [5.41, 5.74) is 17.7. The van der Waals surface area contributed by atoms with Crippen molar-refractivity contribution < 1.29 is 39.0 Å². The van der Waals surface area contributed by atoms with Gasteiger partial charge in [-0.05, 0) is 63.6 Å². The van der Waals surface area contributed by atoms with Crippen molar-refractivity contribution in [1.29, 1.82) is 0 Å². The second-order valence-electron chi connectivity index (χ2n) is 10.1. The summed E-state index contributed by atoms with van der Waals surface area (Å²) in [5, 5.41) is 27.9. The van der Waals surface area contributed by atoms with Gasteiger partial charge in [0.2, 0.25) is 23.6 Å². The predicted octanol–water partition coefficient (Wildman–Crippen LogP) is -1.67. The number of rotatable bonds is 22. The largest absolute Gasteiger partial charge is 0.481 e. The van der Waals surface area contributed by atoms with Crippen LogP contribution in [0.1, 0.15) is 56.9 Å². The van der Waals surface area contributed by atoms with Crippen LogP contribution in [0.5, 0.6) is 0 Å². The zero-order valence-corrected chi connectivity index (χ0v) is 24.3. The van der Waals surface area contributed by atoms with Gasteiger partial charge in [-0.3, -0.25) is 28.8 Å². The Balaban J connectivity index is 3.17. The van der Waals surface area contributed by atoms with E-state index in [2.05, 4.69) is 21.3 Å². The number of carbonyl (C=O) groups is 6. The van der Waals surface area contributed by atoms with Gasteiger partial charge < -0.3 is 48.7 Å². The SMILES string of the molecule is NCCCC[C@H](NC(=O)[C@H](Cc1ccccc1)NC(=O)[C@H](CCCCN)NC(=O)[C@@H](N)CCC(=O)O)C(=O)NCC(=O)O. The topological polar surface area (TPSA) is 269 Å². The Hall–Kier alpha value is -4.08. The van der Waals surface area contributed by atoms with Gasteiger partial charge in [0, 0.05) is 12.8 Å². The summed E-state index contributed by atoms with van der Waals surface area (Å²) in [6, 6.07) is 4.30. The number of unbranched alkanes of at least 4 members (excludes halogenated alkanes) is 2. The van der Waals surface area contributed by atoms with E-state index in [1.807, 2.05) is 0 Å². The molecular formula is C28H45N7O8. The van der Waals surface area contributed by atoms with E-state index in [1.165, 1.54) is 0 Å². The zero-order valence-electron chi connectivity index (χ0n) is 24.3. The van der Waals surface area contributed by atoms with Crippen LogP contribution in [0, 0.1) is 0 Å². The van der Waals surface area contributed by atoms with Crippen molar-refractivity contribution in [1.82, 2.24) is 21.3 Å². The van der Waals surface area contributed by atoms with Crippen molar-refractivity contribution >= 4 is 35.6 Å². The lowest BCUT2D eigenvalue weighted by Crippen LogP contribution is -2.58. The van der Waals surface area contributed by atoms with Crippen LogP contribution >= 0.6 is 0 Å². The van der Waals surface area contributed by atoms with Crippen molar-refractivity contribution in [2.75, 3.05) is 19.6 Å².